The van der Waals surface area contributed by atoms with Crippen LogP contribution in [-0.4, -0.2) is 14.3 Å². The van der Waals surface area contributed by atoms with E-state index in [0.29, 0.717) is 5.56 Å². The van der Waals surface area contributed by atoms with E-state index >= 15 is 0 Å². The summed E-state index contributed by atoms with van der Waals surface area (Å²) in [6, 6.07) is 9.10. The molecule has 0 aliphatic rings. The molecule has 0 aromatic heterocycles. The topological polar surface area (TPSA) is 75.3 Å². The molecule has 23 heavy (non-hydrogen) atoms. The second-order valence-corrected chi connectivity index (χ2v) is 7.45. The van der Waals surface area contributed by atoms with Crippen LogP contribution in [0.2, 0.25) is 10.0 Å². The number of benzene rings is 2. The minimum absolute atomic E-state index is 0.104. The van der Waals surface area contributed by atoms with Gasteiger partial charge in [-0.05, 0) is 43.7 Å². The van der Waals surface area contributed by atoms with Crippen LogP contribution in [0.5, 0.6) is 0 Å². The molecule has 2 aromatic carbocycles. The first-order valence-electron chi connectivity index (χ1n) is 6.55. The number of carbonyl (C=O) groups is 1. The van der Waals surface area contributed by atoms with Crippen LogP contribution < -0.4 is 10.3 Å². The molecule has 0 saturated carbocycles. The Morgan fingerprint density at radius 3 is 2.30 bits per heavy atom. The number of halogens is 2. The van der Waals surface area contributed by atoms with E-state index < -0.39 is 15.9 Å². The number of carbonyl (C=O) groups excluding carboxylic acids is 1. The molecule has 0 aliphatic carbocycles. The Morgan fingerprint density at radius 2 is 1.70 bits per heavy atom. The number of hydrogen-bond acceptors (Lipinski definition) is 3. The van der Waals surface area contributed by atoms with Gasteiger partial charge in [-0.1, -0.05) is 40.9 Å². The Labute approximate surface area is 144 Å². The molecule has 0 unspecified atom stereocenters. The van der Waals surface area contributed by atoms with Crippen LogP contribution in [0.4, 0.5) is 0 Å². The summed E-state index contributed by atoms with van der Waals surface area (Å²) >= 11 is 11.6. The Kier molecular flexibility index (Phi) is 5.31. The summed E-state index contributed by atoms with van der Waals surface area (Å²) in [6.45, 7) is 3.68. The van der Waals surface area contributed by atoms with E-state index in [4.69, 9.17) is 23.2 Å². The van der Waals surface area contributed by atoms with Crippen molar-refractivity contribution in [2.24, 2.45) is 0 Å². The lowest BCUT2D eigenvalue weighted by molar-refractivity contribution is 0.0944. The van der Waals surface area contributed by atoms with Crippen LogP contribution in [0.3, 0.4) is 0 Å². The van der Waals surface area contributed by atoms with Gasteiger partial charge in [0.1, 0.15) is 0 Å². The zero-order valence-electron chi connectivity index (χ0n) is 12.4. The molecule has 122 valence electrons. The fraction of sp³-hybridized carbons (Fsp3) is 0.133. The van der Waals surface area contributed by atoms with E-state index in [1.165, 1.54) is 18.2 Å². The van der Waals surface area contributed by atoms with E-state index in [-0.39, 0.29) is 14.9 Å². The zero-order chi connectivity index (χ0) is 17.2. The van der Waals surface area contributed by atoms with Crippen molar-refractivity contribution in [1.82, 2.24) is 10.3 Å². The van der Waals surface area contributed by atoms with Crippen LogP contribution in [-0.2, 0) is 10.0 Å². The van der Waals surface area contributed by atoms with Crippen LogP contribution in [0.15, 0.2) is 41.3 Å². The predicted octanol–water partition coefficient (Wildman–Crippen LogP) is 3.23. The van der Waals surface area contributed by atoms with Crippen molar-refractivity contribution < 1.29 is 13.2 Å². The SMILES string of the molecule is Cc1ccc(C(=O)NNS(=O)(=O)c2ccc(Cl)c(Cl)c2)c(C)c1. The van der Waals surface area contributed by atoms with Gasteiger partial charge in [-0.2, -0.15) is 0 Å². The number of hydrazine groups is 1. The molecule has 0 spiro atoms. The van der Waals surface area contributed by atoms with Gasteiger partial charge in [-0.3, -0.25) is 10.2 Å². The lowest BCUT2D eigenvalue weighted by Gasteiger charge is -2.11. The molecule has 0 radical (unpaired) electrons. The largest absolute Gasteiger partial charge is 0.273 e. The lowest BCUT2D eigenvalue weighted by Crippen LogP contribution is -2.41. The third-order valence-corrected chi connectivity index (χ3v) is 5.11. The molecule has 0 saturated heterocycles. The van der Waals surface area contributed by atoms with Crippen molar-refractivity contribution in [3.63, 3.8) is 0 Å². The molecule has 5 nitrogen and oxygen atoms in total. The monoisotopic (exact) mass is 372 g/mol. The first-order valence-corrected chi connectivity index (χ1v) is 8.79. The van der Waals surface area contributed by atoms with Crippen LogP contribution in [0.25, 0.3) is 0 Å². The van der Waals surface area contributed by atoms with E-state index in [1.807, 2.05) is 17.8 Å². The van der Waals surface area contributed by atoms with Crippen LogP contribution in [0, 0.1) is 13.8 Å². The standard InChI is InChI=1S/C15H14Cl2N2O3S/c1-9-3-5-12(10(2)7-9)15(20)18-19-23(21,22)11-4-6-13(16)14(17)8-11/h3-8,19H,1-2H3,(H,18,20). The van der Waals surface area contributed by atoms with Crippen molar-refractivity contribution in [2.75, 3.05) is 0 Å². The first-order chi connectivity index (χ1) is 10.7. The normalized spacial score (nSPS) is 11.3. The van der Waals surface area contributed by atoms with Gasteiger partial charge in [-0.15, -0.1) is 4.83 Å². The van der Waals surface area contributed by atoms with Gasteiger partial charge in [0.15, 0.2) is 0 Å². The quantitative estimate of drug-likeness (QED) is 0.808. The molecule has 2 rings (SSSR count). The van der Waals surface area contributed by atoms with Gasteiger partial charge < -0.3 is 0 Å². The molecule has 0 bridgehead atoms. The summed E-state index contributed by atoms with van der Waals surface area (Å²) in [5, 5.41) is 0.347. The van der Waals surface area contributed by atoms with Crippen molar-refractivity contribution in [2.45, 2.75) is 18.7 Å². The summed E-state index contributed by atoms with van der Waals surface area (Å²) in [5.74, 6) is -0.550. The van der Waals surface area contributed by atoms with Crippen molar-refractivity contribution in [3.05, 3.63) is 63.1 Å². The fourth-order valence-corrected chi connectivity index (χ4v) is 3.18. The van der Waals surface area contributed by atoms with E-state index in [9.17, 15) is 13.2 Å². The molecule has 0 heterocycles. The lowest BCUT2D eigenvalue weighted by atomic mass is 10.1. The van der Waals surface area contributed by atoms with Gasteiger partial charge in [0, 0.05) is 5.56 Å². The fourth-order valence-electron chi connectivity index (χ4n) is 1.95. The van der Waals surface area contributed by atoms with Crippen molar-refractivity contribution in [1.29, 1.82) is 0 Å². The smallest absolute Gasteiger partial charge is 0.266 e. The summed E-state index contributed by atoms with van der Waals surface area (Å²) in [7, 11) is -3.95. The van der Waals surface area contributed by atoms with Crippen molar-refractivity contribution in [3.8, 4) is 0 Å². The van der Waals surface area contributed by atoms with Crippen LogP contribution >= 0.6 is 23.2 Å². The number of rotatable bonds is 4. The van der Waals surface area contributed by atoms with E-state index in [1.54, 1.807) is 19.1 Å². The number of amides is 1. The molecular weight excluding hydrogens is 359 g/mol. The first kappa shape index (κ1) is 17.7. The third-order valence-electron chi connectivity index (χ3n) is 3.13. The highest BCUT2D eigenvalue weighted by Gasteiger charge is 2.17. The molecule has 2 N–H and O–H groups in total. The number of nitrogens with one attached hydrogen (secondary N) is 2. The van der Waals surface area contributed by atoms with Crippen LogP contribution in [0.1, 0.15) is 21.5 Å². The predicted molar refractivity (Wildman–Crippen MR) is 90.2 cm³/mol. The number of aryl methyl sites for hydroxylation is 2. The van der Waals surface area contributed by atoms with Gasteiger partial charge >= 0.3 is 0 Å². The minimum atomic E-state index is -3.95. The molecule has 0 fully saturated rings. The molecule has 8 heteroatoms. The highest BCUT2D eigenvalue weighted by Crippen LogP contribution is 2.24. The average molecular weight is 373 g/mol. The summed E-state index contributed by atoms with van der Waals surface area (Å²) in [5.41, 5.74) is 4.32. The third kappa shape index (κ3) is 4.23. The molecule has 2 aromatic rings. The maximum atomic E-state index is 12.1. The minimum Gasteiger partial charge on any atom is -0.273 e. The van der Waals surface area contributed by atoms with Gasteiger partial charge in [-0.25, -0.2) is 8.42 Å². The molecule has 1 amide bonds. The molecule has 0 atom stereocenters. The average Bonchev–Trinajstić information content (AvgIpc) is 2.47. The van der Waals surface area contributed by atoms with E-state index in [2.05, 4.69) is 5.43 Å². The van der Waals surface area contributed by atoms with Gasteiger partial charge in [0.05, 0.1) is 14.9 Å². The Balaban J connectivity index is 2.15. The second kappa shape index (κ2) is 6.88. The highest BCUT2D eigenvalue weighted by atomic mass is 35.5. The number of sulfonamides is 1. The summed E-state index contributed by atoms with van der Waals surface area (Å²) in [4.78, 5) is 14.0. The summed E-state index contributed by atoms with van der Waals surface area (Å²) in [6.07, 6.45) is 0. The zero-order valence-corrected chi connectivity index (χ0v) is 14.7. The highest BCUT2D eigenvalue weighted by molar-refractivity contribution is 7.89. The van der Waals surface area contributed by atoms with Crippen molar-refractivity contribution >= 4 is 39.1 Å². The van der Waals surface area contributed by atoms with E-state index in [0.717, 1.165) is 11.1 Å². The van der Waals surface area contributed by atoms with Gasteiger partial charge in [0.2, 0.25) is 0 Å². The Morgan fingerprint density at radius 1 is 1.00 bits per heavy atom. The second-order valence-electron chi connectivity index (χ2n) is 4.95. The van der Waals surface area contributed by atoms with Gasteiger partial charge in [0.25, 0.3) is 15.9 Å². The number of hydrogen-bond donors (Lipinski definition) is 2. The molecular formula is C15H14Cl2N2O3S. The Hall–Kier alpha value is -1.60. The summed E-state index contributed by atoms with van der Waals surface area (Å²) < 4.78 is 24.3. The molecule has 0 aliphatic heterocycles. The maximum absolute atomic E-state index is 12.1. The maximum Gasteiger partial charge on any atom is 0.266 e. The Bertz CT molecular complexity index is 867.